The highest BCUT2D eigenvalue weighted by atomic mass is 79.9. The molecule has 20 aliphatic rings. The third kappa shape index (κ3) is 16.4. The number of hydrogen-bond acceptors (Lipinski definition) is 30. The Morgan fingerprint density at radius 3 is 1.15 bits per heavy atom. The molecule has 0 spiro atoms. The maximum absolute atomic E-state index is 12.7. The number of carboxylic acid groups (broad SMARTS) is 2. The average molecular weight is 2020 g/mol. The summed E-state index contributed by atoms with van der Waals surface area (Å²) in [5.41, 5.74) is -8.98. The fourth-order valence-electron chi connectivity index (χ4n) is 35.3. The zero-order valence-corrected chi connectivity index (χ0v) is 82.6. The molecule has 16 fully saturated rings. The Balaban J connectivity index is 0.000000128. The minimum atomic E-state index is -1.40. The van der Waals surface area contributed by atoms with Crippen LogP contribution in [0.25, 0.3) is 0 Å². The third-order valence-corrected chi connectivity index (χ3v) is 43.0. The number of fused-ring (bicyclic) bond motifs is 20. The number of alkyl halides is 2. The summed E-state index contributed by atoms with van der Waals surface area (Å²) in [6.45, 7) is 11.8. The Bertz CT molecular complexity index is 4980. The lowest BCUT2D eigenvalue weighted by Gasteiger charge is -2.66. The molecule has 0 aromatic heterocycles. The van der Waals surface area contributed by atoms with Gasteiger partial charge in [0.05, 0.1) is 94.8 Å². The molecule has 0 saturated heterocycles. The molecule has 0 radical (unpaired) electrons. The van der Waals surface area contributed by atoms with Crippen LogP contribution in [-0.2, 0) is 90.6 Å². The predicted molar refractivity (Wildman–Crippen MR) is 493 cm³/mol. The molecular formula is C104H143BrClNO31. The predicted octanol–water partition coefficient (Wildman–Crippen LogP) is 11.0. The van der Waals surface area contributed by atoms with Crippen molar-refractivity contribution in [3.05, 3.63) is 46.6 Å². The lowest BCUT2D eigenvalue weighted by atomic mass is 9.41. The second-order valence-electron chi connectivity index (χ2n) is 47.0. The van der Waals surface area contributed by atoms with Gasteiger partial charge in [0.15, 0.2) is 0 Å². The van der Waals surface area contributed by atoms with Gasteiger partial charge in [-0.3, -0.25) is 28.8 Å². The number of aliphatic hydroxyl groups excluding tert-OH is 1. The highest BCUT2D eigenvalue weighted by Crippen LogP contribution is 2.77. The van der Waals surface area contributed by atoms with Crippen molar-refractivity contribution in [2.24, 2.45) is 119 Å². The fourth-order valence-corrected chi connectivity index (χ4v) is 35.5. The van der Waals surface area contributed by atoms with Crippen LogP contribution in [0.4, 0.5) is 0 Å². The number of aldehydes is 1. The second kappa shape index (κ2) is 37.4. The average Bonchev–Trinajstić information content (AvgIpc) is 1.35. The van der Waals surface area contributed by atoms with E-state index in [-0.39, 0.29) is 199 Å². The van der Waals surface area contributed by atoms with Crippen LogP contribution in [0, 0.1) is 114 Å². The Hall–Kier alpha value is -6.79. The summed E-state index contributed by atoms with van der Waals surface area (Å²) < 4.78 is 43.0. The van der Waals surface area contributed by atoms with E-state index in [0.29, 0.717) is 142 Å². The quantitative estimate of drug-likeness (QED) is 0.0109. The number of ether oxygens (including phenoxy) is 8. The molecule has 764 valence electrons. The molecule has 0 bridgehead atoms. The van der Waals surface area contributed by atoms with Crippen molar-refractivity contribution in [2.75, 3.05) is 44.2 Å². The number of cyclic esters (lactones) is 4. The van der Waals surface area contributed by atoms with Gasteiger partial charge in [-0.1, -0.05) is 50.5 Å². The van der Waals surface area contributed by atoms with E-state index in [2.05, 4.69) is 55.7 Å². The fraction of sp³-hybridized carbons (Fsp3) is 0.808. The number of nitrogens with zero attached hydrogens (tertiary/aromatic N) is 1. The number of carboxylic acids is 2. The molecule has 34 heteroatoms. The van der Waals surface area contributed by atoms with Crippen LogP contribution in [0.5, 0.6) is 0 Å². The summed E-state index contributed by atoms with van der Waals surface area (Å²) in [7, 11) is 0. The van der Waals surface area contributed by atoms with Crippen LogP contribution < -0.4 is 0 Å². The van der Waals surface area contributed by atoms with E-state index in [0.717, 1.165) is 112 Å². The first kappa shape index (κ1) is 103. The normalized spacial score (nSPS) is 47.2. The standard InChI is InChI=1S/C31H42O12.C25H35BrO6.C25H33ClO7.C23H33NO6/c1-28-10-7-21-22(31(28,40)13-9-20(28)18-14-27(38)41-16-18)8-12-30(39)15-19(43-26(37)5-3-24(34)35)6-11-29(21,30)17-42-25(36)4-2-23(32)33;1-22-7-3-16(32-21(28)13-26)12-24(22,29)9-5-19-18(22)4-8-23(2)17(6-10-25(19,23)30)15-11-20(27)31-14-15;1-22-6-3-18-19(25(22,31)9-5-17(22)15-10-20(28)32-13-15)4-8-24(30)11-16(33-21(29)12-26)2-7-23(18,24)14-27;1-20-6-3-17-18(23(20,28)9-5-16(20)14-10-19(26)30-12-14)4-8-22(27)11-15(25)2-7-21(17,22)13-24-29/h14,19-22,39-40H,2-13,15-17H2,1H3,(H,32,33)(H,34,35);11,16-19,29-30H,3-10,12-14H2,1-2H3;10,14,16-19,30-31H,2-9,11-13H2,1H3;10,13,15-18,25,27-29H,2-9,11-12H2,1H3/b;;;24-13+/t19?,20?,21-,22+,28?,29?,30?,31?;2*16?,17?,18-,19+,22?,23?,24?,25?;15?,16?,17-,18+,20?,21?,22?,23?/m0000/s1. The highest BCUT2D eigenvalue weighted by Gasteiger charge is 2.78. The summed E-state index contributed by atoms with van der Waals surface area (Å²) in [5, 5.41) is 138. The molecule has 4 heterocycles. The van der Waals surface area contributed by atoms with Gasteiger partial charge in [0.1, 0.15) is 62.2 Å². The van der Waals surface area contributed by atoms with Gasteiger partial charge >= 0.3 is 59.7 Å². The van der Waals surface area contributed by atoms with Gasteiger partial charge in [0, 0.05) is 82.5 Å². The van der Waals surface area contributed by atoms with Crippen LogP contribution in [0.3, 0.4) is 0 Å². The van der Waals surface area contributed by atoms with E-state index in [1.54, 1.807) is 24.3 Å². The molecule has 24 unspecified atom stereocenters. The number of aliphatic carboxylic acids is 2. The number of carbonyl (C=O) groups is 11. The Kier molecular flexibility index (Phi) is 27.8. The van der Waals surface area contributed by atoms with Gasteiger partial charge in [-0.2, -0.15) is 0 Å². The number of carbonyl (C=O) groups excluding carboxylic acids is 9. The minimum Gasteiger partial charge on any atom is -0.481 e. The Morgan fingerprint density at radius 1 is 0.391 bits per heavy atom. The van der Waals surface area contributed by atoms with Crippen LogP contribution >= 0.6 is 27.5 Å². The van der Waals surface area contributed by atoms with Crippen molar-refractivity contribution >= 4 is 99.7 Å². The first-order valence-corrected chi connectivity index (χ1v) is 52.7. The number of halogens is 2. The van der Waals surface area contributed by atoms with Crippen LogP contribution in [0.15, 0.2) is 51.8 Å². The van der Waals surface area contributed by atoms with Gasteiger partial charge in [-0.05, 0) is 304 Å². The number of hydrogen-bond donors (Lipinski definition) is 12. The van der Waals surface area contributed by atoms with Crippen molar-refractivity contribution in [2.45, 2.75) is 361 Å². The molecule has 0 amide bonds. The monoisotopic (exact) mass is 2020 g/mol. The van der Waals surface area contributed by atoms with Crippen molar-refractivity contribution < 1.29 is 152 Å². The van der Waals surface area contributed by atoms with E-state index in [1.165, 1.54) is 6.21 Å². The van der Waals surface area contributed by atoms with E-state index in [1.807, 2.05) is 0 Å². The third-order valence-electron chi connectivity index (χ3n) is 42.3. The molecule has 138 heavy (non-hydrogen) atoms. The first-order valence-electron chi connectivity index (χ1n) is 51.0. The Morgan fingerprint density at radius 2 is 0.732 bits per heavy atom. The van der Waals surface area contributed by atoms with Gasteiger partial charge in [0.2, 0.25) is 0 Å². The summed E-state index contributed by atoms with van der Waals surface area (Å²) >= 11 is 8.74. The zero-order chi connectivity index (χ0) is 99.2. The van der Waals surface area contributed by atoms with Crippen molar-refractivity contribution in [1.29, 1.82) is 0 Å². The van der Waals surface area contributed by atoms with Crippen LogP contribution in [-0.4, -0.2) is 247 Å². The zero-order valence-electron chi connectivity index (χ0n) is 80.3. The van der Waals surface area contributed by atoms with Gasteiger partial charge in [-0.15, -0.1) is 16.8 Å². The van der Waals surface area contributed by atoms with Crippen LogP contribution in [0.1, 0.15) is 291 Å². The molecule has 4 aliphatic heterocycles. The molecule has 32 nitrogen and oxygen atoms in total. The smallest absolute Gasteiger partial charge is 0.331 e. The molecule has 32 atom stereocenters. The SMILES string of the molecule is CC12CC[C@H]3[C@@H](CCC4(O)CC(O)CCC34/C=N/O)C1(O)CCC2C1=CC(=O)OC1.CC12CC[C@H]3[C@@H](CCC4(O)CC(OC(=O)CBr)CCC34C)C1(O)CCC2C1=CC(=O)OC1.CC12CC[C@H]3[C@@H](CCC4(O)CC(OC(=O)CCC(=O)O)CCC34COC(=O)CCC(=O)O)C1(O)CCC2C1=CC(=O)OC1.CC12CC[C@H]3[C@@H](CCC4(O)CC(OC(=O)CCl)CCC34C=O)C1(O)CCC2C1=CC(=O)OC1. The molecule has 16 aliphatic carbocycles. The largest absolute Gasteiger partial charge is 0.481 e. The van der Waals surface area contributed by atoms with Crippen molar-refractivity contribution in [3.63, 3.8) is 0 Å². The molecule has 16 saturated carbocycles. The second-order valence-corrected chi connectivity index (χ2v) is 47.8. The maximum atomic E-state index is 12.7. The minimum absolute atomic E-state index is 0.00749. The van der Waals surface area contributed by atoms with E-state index >= 15 is 0 Å². The van der Waals surface area contributed by atoms with Crippen molar-refractivity contribution in [3.8, 4) is 0 Å². The number of oxime groups is 1. The molecule has 0 aromatic rings. The van der Waals surface area contributed by atoms with Gasteiger partial charge in [0.25, 0.3) is 0 Å². The first-order chi connectivity index (χ1) is 65.1. The molecule has 12 N–H and O–H groups in total. The van der Waals surface area contributed by atoms with Gasteiger partial charge < -0.3 is 104 Å². The molecule has 20 rings (SSSR count). The molecule has 0 aromatic carbocycles. The summed E-state index contributed by atoms with van der Waals surface area (Å²) in [4.78, 5) is 130. The number of rotatable bonds is 19. The van der Waals surface area contributed by atoms with Crippen LogP contribution in [0.2, 0.25) is 0 Å². The topological polar surface area (TPSA) is 517 Å². The van der Waals surface area contributed by atoms with E-state index in [9.17, 15) is 104 Å². The number of esters is 8. The Labute approximate surface area is 818 Å². The lowest BCUT2D eigenvalue weighted by Crippen LogP contribution is -2.69. The summed E-state index contributed by atoms with van der Waals surface area (Å²) in [6, 6.07) is 0. The summed E-state index contributed by atoms with van der Waals surface area (Å²) in [5.74, 6) is -5.82. The highest BCUT2D eigenvalue weighted by molar-refractivity contribution is 9.09. The lowest BCUT2D eigenvalue weighted by molar-refractivity contribution is -0.272. The van der Waals surface area contributed by atoms with Gasteiger partial charge in [-0.25, -0.2) is 19.2 Å². The van der Waals surface area contributed by atoms with E-state index < -0.39 is 120 Å². The van der Waals surface area contributed by atoms with E-state index in [4.69, 9.17) is 59.7 Å². The van der Waals surface area contributed by atoms with Crippen molar-refractivity contribution in [1.82, 2.24) is 0 Å². The molecular weight excluding hydrogens is 1870 g/mol. The maximum Gasteiger partial charge on any atom is 0.331 e. The number of aliphatic hydroxyl groups is 9. The summed E-state index contributed by atoms with van der Waals surface area (Å²) in [6.07, 6.45) is 27.2.